The summed E-state index contributed by atoms with van der Waals surface area (Å²) < 4.78 is 16.0. The Labute approximate surface area is 94.6 Å². The number of halogens is 1. The second-order valence-corrected chi connectivity index (χ2v) is 5.64. The molecule has 3 nitrogen and oxygen atoms in total. The molecule has 0 aromatic heterocycles. The van der Waals surface area contributed by atoms with E-state index in [4.69, 9.17) is 11.6 Å². The van der Waals surface area contributed by atoms with E-state index in [0.29, 0.717) is 10.6 Å². The third-order valence-electron chi connectivity index (χ3n) is 1.87. The number of benzene rings is 1. The molecule has 0 radical (unpaired) electrons. The molecule has 1 rings (SSSR count). The first-order valence-electron chi connectivity index (χ1n) is 4.51. The van der Waals surface area contributed by atoms with Crippen molar-refractivity contribution in [1.82, 2.24) is 0 Å². The van der Waals surface area contributed by atoms with Crippen molar-refractivity contribution in [2.24, 2.45) is 4.36 Å². The number of alkyl halides is 1. The maximum atomic E-state index is 12.3. The first-order chi connectivity index (χ1) is 7.12. The second kappa shape index (κ2) is 5.28. The smallest absolute Gasteiger partial charge is 0.268 e. The highest BCUT2D eigenvalue weighted by Crippen LogP contribution is 2.13. The minimum Gasteiger partial charge on any atom is -0.271 e. The van der Waals surface area contributed by atoms with Crippen molar-refractivity contribution in [3.8, 4) is 0 Å². The van der Waals surface area contributed by atoms with E-state index in [9.17, 15) is 9.00 Å². The average molecular weight is 246 g/mol. The number of hydrogen-bond acceptors (Lipinski definition) is 2. The van der Waals surface area contributed by atoms with Crippen LogP contribution in [-0.2, 0) is 14.5 Å². The SMILES string of the molecule is CCS(=O)(=NC(=O)CCl)c1ccccc1. The maximum absolute atomic E-state index is 12.3. The van der Waals surface area contributed by atoms with Crippen LogP contribution in [0.3, 0.4) is 0 Å². The van der Waals surface area contributed by atoms with Crippen LogP contribution < -0.4 is 0 Å². The van der Waals surface area contributed by atoms with E-state index >= 15 is 0 Å². The Balaban J connectivity index is 3.24. The molecular formula is C10H12ClNO2S. The molecule has 0 saturated carbocycles. The van der Waals surface area contributed by atoms with Crippen LogP contribution >= 0.6 is 11.6 Å². The van der Waals surface area contributed by atoms with Gasteiger partial charge in [0.2, 0.25) is 0 Å². The van der Waals surface area contributed by atoms with Crippen molar-refractivity contribution in [3.05, 3.63) is 30.3 Å². The van der Waals surface area contributed by atoms with Crippen LogP contribution in [0.1, 0.15) is 6.92 Å². The van der Waals surface area contributed by atoms with E-state index in [-0.39, 0.29) is 5.88 Å². The standard InChI is InChI=1S/C10H12ClNO2S/c1-2-15(14,12-10(13)8-11)9-6-4-3-5-7-9/h3-7H,2,8H2,1H3. The van der Waals surface area contributed by atoms with E-state index in [2.05, 4.69) is 4.36 Å². The van der Waals surface area contributed by atoms with Crippen LogP contribution in [0.5, 0.6) is 0 Å². The molecule has 1 atom stereocenters. The van der Waals surface area contributed by atoms with Gasteiger partial charge in [-0.05, 0) is 12.1 Å². The van der Waals surface area contributed by atoms with E-state index in [1.54, 1.807) is 31.2 Å². The normalized spacial score (nSPS) is 14.3. The number of carbonyl (C=O) groups excluding carboxylic acids is 1. The average Bonchev–Trinajstić information content (AvgIpc) is 2.30. The first kappa shape index (κ1) is 12.2. The van der Waals surface area contributed by atoms with Crippen molar-refractivity contribution in [3.63, 3.8) is 0 Å². The summed E-state index contributed by atoms with van der Waals surface area (Å²) >= 11 is 5.33. The van der Waals surface area contributed by atoms with Gasteiger partial charge in [-0.3, -0.25) is 4.79 Å². The van der Waals surface area contributed by atoms with E-state index < -0.39 is 15.6 Å². The summed E-state index contributed by atoms with van der Waals surface area (Å²) in [5.41, 5.74) is 0. The Morgan fingerprint density at radius 3 is 2.47 bits per heavy atom. The Hall–Kier alpha value is -0.870. The first-order valence-corrected chi connectivity index (χ1v) is 6.73. The van der Waals surface area contributed by atoms with Crippen molar-refractivity contribution in [2.45, 2.75) is 11.8 Å². The molecule has 0 heterocycles. The second-order valence-electron chi connectivity index (χ2n) is 2.86. The van der Waals surface area contributed by atoms with Crippen molar-refractivity contribution < 1.29 is 9.00 Å². The Kier molecular flexibility index (Phi) is 4.29. The molecule has 0 bridgehead atoms. The summed E-state index contributed by atoms with van der Waals surface area (Å²) in [5.74, 6) is -0.462. The Morgan fingerprint density at radius 2 is 2.00 bits per heavy atom. The molecule has 5 heteroatoms. The number of carbonyl (C=O) groups is 1. The van der Waals surface area contributed by atoms with Gasteiger partial charge in [0, 0.05) is 10.6 Å². The van der Waals surface area contributed by atoms with Gasteiger partial charge in [-0.25, -0.2) is 4.21 Å². The Bertz CT molecular complexity index is 450. The van der Waals surface area contributed by atoms with Crippen molar-refractivity contribution in [1.29, 1.82) is 0 Å². The minimum absolute atomic E-state index is 0.232. The van der Waals surface area contributed by atoms with Crippen LogP contribution in [0.15, 0.2) is 39.6 Å². The highest BCUT2D eigenvalue weighted by Gasteiger charge is 2.11. The number of hydrogen-bond donors (Lipinski definition) is 0. The van der Waals surface area contributed by atoms with Crippen LogP contribution in [0.2, 0.25) is 0 Å². The third-order valence-corrected chi connectivity index (χ3v) is 4.38. The summed E-state index contributed by atoms with van der Waals surface area (Å²) in [6.07, 6.45) is 0. The predicted molar refractivity (Wildman–Crippen MR) is 61.5 cm³/mol. The molecule has 82 valence electrons. The predicted octanol–water partition coefficient (Wildman–Crippen LogP) is 2.30. The third kappa shape index (κ3) is 3.04. The lowest BCUT2D eigenvalue weighted by Crippen LogP contribution is -2.08. The van der Waals surface area contributed by atoms with E-state index in [1.807, 2.05) is 6.07 Å². The number of nitrogens with zero attached hydrogens (tertiary/aromatic N) is 1. The summed E-state index contributed by atoms with van der Waals surface area (Å²) in [6, 6.07) is 8.77. The fourth-order valence-electron chi connectivity index (χ4n) is 1.11. The van der Waals surface area contributed by atoms with Gasteiger partial charge in [-0.15, -0.1) is 11.6 Å². The molecule has 1 amide bonds. The molecule has 0 aliphatic rings. The molecule has 0 aliphatic heterocycles. The molecule has 1 aromatic carbocycles. The number of rotatable bonds is 3. The van der Waals surface area contributed by atoms with Crippen LogP contribution in [0.4, 0.5) is 0 Å². The van der Waals surface area contributed by atoms with Crippen molar-refractivity contribution >= 4 is 27.2 Å². The van der Waals surface area contributed by atoms with Gasteiger partial charge in [-0.1, -0.05) is 25.1 Å². The van der Waals surface area contributed by atoms with E-state index in [0.717, 1.165) is 0 Å². The van der Waals surface area contributed by atoms with Crippen LogP contribution in [0.25, 0.3) is 0 Å². The molecule has 15 heavy (non-hydrogen) atoms. The zero-order valence-corrected chi connectivity index (χ0v) is 9.92. The fraction of sp³-hybridized carbons (Fsp3) is 0.300. The van der Waals surface area contributed by atoms with Gasteiger partial charge < -0.3 is 0 Å². The monoisotopic (exact) mass is 245 g/mol. The molecule has 0 saturated heterocycles. The minimum atomic E-state index is -2.63. The zero-order valence-electron chi connectivity index (χ0n) is 8.35. The zero-order chi connectivity index (χ0) is 11.3. The Morgan fingerprint density at radius 1 is 1.40 bits per heavy atom. The molecule has 0 aliphatic carbocycles. The van der Waals surface area contributed by atoms with Gasteiger partial charge in [0.05, 0.1) is 9.73 Å². The molecule has 1 unspecified atom stereocenters. The largest absolute Gasteiger partial charge is 0.271 e. The molecule has 0 fully saturated rings. The van der Waals surface area contributed by atoms with E-state index in [1.165, 1.54) is 0 Å². The van der Waals surface area contributed by atoms with Crippen LogP contribution in [-0.4, -0.2) is 21.7 Å². The summed E-state index contributed by atoms with van der Waals surface area (Å²) in [6.45, 7) is 1.74. The van der Waals surface area contributed by atoms with Crippen LogP contribution in [0, 0.1) is 0 Å². The maximum Gasteiger partial charge on any atom is 0.268 e. The number of amides is 1. The summed E-state index contributed by atoms with van der Waals surface area (Å²) in [5, 5.41) is 0. The van der Waals surface area contributed by atoms with Gasteiger partial charge in [-0.2, -0.15) is 4.36 Å². The summed E-state index contributed by atoms with van der Waals surface area (Å²) in [7, 11) is -2.63. The lowest BCUT2D eigenvalue weighted by Gasteiger charge is -2.05. The van der Waals surface area contributed by atoms with Gasteiger partial charge in [0.25, 0.3) is 5.91 Å². The quantitative estimate of drug-likeness (QED) is 0.767. The topological polar surface area (TPSA) is 46.5 Å². The lowest BCUT2D eigenvalue weighted by molar-refractivity contribution is -0.115. The van der Waals surface area contributed by atoms with Gasteiger partial charge in [0.1, 0.15) is 5.88 Å². The van der Waals surface area contributed by atoms with Crippen molar-refractivity contribution in [2.75, 3.05) is 11.6 Å². The fourth-order valence-corrected chi connectivity index (χ4v) is 2.78. The molecule has 1 aromatic rings. The van der Waals surface area contributed by atoms with Gasteiger partial charge in [0.15, 0.2) is 0 Å². The highest BCUT2D eigenvalue weighted by atomic mass is 35.5. The van der Waals surface area contributed by atoms with Gasteiger partial charge >= 0.3 is 0 Å². The summed E-state index contributed by atoms with van der Waals surface area (Å²) in [4.78, 5) is 11.7. The molecule has 0 N–H and O–H groups in total. The lowest BCUT2D eigenvalue weighted by atomic mass is 10.4. The molecular weight excluding hydrogens is 234 g/mol. The highest BCUT2D eigenvalue weighted by molar-refractivity contribution is 7.93. The molecule has 0 spiro atoms.